The summed E-state index contributed by atoms with van der Waals surface area (Å²) in [6, 6.07) is 11.9. The van der Waals surface area contributed by atoms with E-state index in [2.05, 4.69) is 17.4 Å². The van der Waals surface area contributed by atoms with Gasteiger partial charge in [-0.25, -0.2) is 8.42 Å². The zero-order chi connectivity index (χ0) is 31.3. The van der Waals surface area contributed by atoms with Gasteiger partial charge in [-0.05, 0) is 125 Å². The fourth-order valence-electron chi connectivity index (χ4n) is 7.95. The van der Waals surface area contributed by atoms with Crippen molar-refractivity contribution in [2.45, 2.75) is 89.8 Å². The third kappa shape index (κ3) is 7.18. The molecule has 0 aromatic heterocycles. The van der Waals surface area contributed by atoms with Crippen molar-refractivity contribution in [1.82, 2.24) is 10.2 Å². The number of nitrogens with one attached hydrogen (secondary N) is 1. The molecule has 0 aliphatic heterocycles. The molecule has 1 atom stereocenters. The molecule has 2 aromatic rings. The molecule has 6 rings (SSSR count). The first-order chi connectivity index (χ1) is 20.0. The number of sulfonamides is 1. The number of hydrogen-bond donors (Lipinski definition) is 1. The lowest BCUT2D eigenvalue weighted by atomic mass is 9.48. The maximum atomic E-state index is 13.9. The Labute approximate surface area is 266 Å². The Bertz CT molecular complexity index is 1450. The van der Waals surface area contributed by atoms with Crippen molar-refractivity contribution in [2.24, 2.45) is 17.8 Å². The van der Waals surface area contributed by atoms with E-state index in [0.29, 0.717) is 21.3 Å². The van der Waals surface area contributed by atoms with E-state index >= 15 is 0 Å². The summed E-state index contributed by atoms with van der Waals surface area (Å²) in [7, 11) is -3.82. The summed E-state index contributed by atoms with van der Waals surface area (Å²) in [6.07, 6.45) is 8.79. The lowest BCUT2D eigenvalue weighted by Gasteiger charge is -2.57. The molecule has 4 saturated carbocycles. The Morgan fingerprint density at radius 3 is 2.02 bits per heavy atom. The second-order valence-corrected chi connectivity index (χ2v) is 16.9. The molecule has 1 N–H and O–H groups in total. The Morgan fingerprint density at radius 1 is 0.977 bits per heavy atom. The minimum absolute atomic E-state index is 0.0100. The predicted octanol–water partition coefficient (Wildman–Crippen LogP) is 6.56. The van der Waals surface area contributed by atoms with Crippen LogP contribution in [0.3, 0.4) is 0 Å². The van der Waals surface area contributed by atoms with Crippen LogP contribution in [0.2, 0.25) is 10.0 Å². The Balaban J connectivity index is 1.40. The van der Waals surface area contributed by atoms with Gasteiger partial charge in [-0.3, -0.25) is 13.9 Å². The van der Waals surface area contributed by atoms with Gasteiger partial charge < -0.3 is 10.2 Å². The first-order valence-corrected chi connectivity index (χ1v) is 17.8. The summed E-state index contributed by atoms with van der Waals surface area (Å²) in [5.41, 5.74) is 1.97. The summed E-state index contributed by atoms with van der Waals surface area (Å²) in [6.45, 7) is 6.77. The molecule has 2 aromatic carbocycles. The van der Waals surface area contributed by atoms with E-state index in [0.717, 1.165) is 28.3 Å². The SMILES string of the molecule is C[C@@H](C(=O)NC(C)(C)C)N(Cc1ccc(Cl)cc1Cl)C(=O)CN(c1ccc(C23CC4CC(CC(C4)C2)C3)cc1)S(C)(=O)=O. The Morgan fingerprint density at radius 2 is 1.53 bits per heavy atom. The monoisotopic (exact) mass is 647 g/mol. The number of carbonyl (C=O) groups is 2. The van der Waals surface area contributed by atoms with Crippen LogP contribution in [0.5, 0.6) is 0 Å². The minimum atomic E-state index is -3.82. The molecule has 43 heavy (non-hydrogen) atoms. The van der Waals surface area contributed by atoms with Crippen LogP contribution in [-0.2, 0) is 31.6 Å². The van der Waals surface area contributed by atoms with E-state index in [1.807, 2.05) is 32.9 Å². The summed E-state index contributed by atoms with van der Waals surface area (Å²) >= 11 is 12.5. The van der Waals surface area contributed by atoms with Gasteiger partial charge in [0.1, 0.15) is 12.6 Å². The van der Waals surface area contributed by atoms with Gasteiger partial charge in [-0.1, -0.05) is 41.4 Å². The molecule has 4 aliphatic carbocycles. The quantitative estimate of drug-likeness (QED) is 0.334. The number of carbonyl (C=O) groups excluding carboxylic acids is 2. The normalized spacial score (nSPS) is 25.3. The molecule has 0 unspecified atom stereocenters. The Kier molecular flexibility index (Phi) is 8.89. The molecular formula is C33H43Cl2N3O4S. The number of amides is 2. The first kappa shape index (κ1) is 32.1. The van der Waals surface area contributed by atoms with Crippen LogP contribution in [-0.4, -0.2) is 49.5 Å². The van der Waals surface area contributed by atoms with E-state index in [4.69, 9.17) is 23.2 Å². The summed E-state index contributed by atoms with van der Waals surface area (Å²) in [5.74, 6) is 1.53. The molecule has 0 saturated heterocycles. The first-order valence-electron chi connectivity index (χ1n) is 15.2. The molecule has 4 fully saturated rings. The second kappa shape index (κ2) is 11.9. The highest BCUT2D eigenvalue weighted by Crippen LogP contribution is 2.60. The molecule has 2 amide bonds. The smallest absolute Gasteiger partial charge is 0.244 e. The molecule has 4 aliphatic rings. The van der Waals surface area contributed by atoms with Crippen molar-refractivity contribution in [3.8, 4) is 0 Å². The third-order valence-corrected chi connectivity index (χ3v) is 11.2. The maximum Gasteiger partial charge on any atom is 0.244 e. The number of anilines is 1. The average molecular weight is 649 g/mol. The van der Waals surface area contributed by atoms with E-state index in [1.165, 1.54) is 49.0 Å². The van der Waals surface area contributed by atoms with Crippen LogP contribution in [0.1, 0.15) is 77.3 Å². The molecular weight excluding hydrogens is 605 g/mol. The van der Waals surface area contributed by atoms with Crippen LogP contribution in [0, 0.1) is 17.8 Å². The van der Waals surface area contributed by atoms with Gasteiger partial charge in [0.05, 0.1) is 11.9 Å². The van der Waals surface area contributed by atoms with Gasteiger partial charge in [0.2, 0.25) is 21.8 Å². The molecule has 10 heteroatoms. The Hall–Kier alpha value is -2.29. The van der Waals surface area contributed by atoms with Gasteiger partial charge >= 0.3 is 0 Å². The zero-order valence-electron chi connectivity index (χ0n) is 25.7. The highest BCUT2D eigenvalue weighted by molar-refractivity contribution is 7.92. The van der Waals surface area contributed by atoms with E-state index in [9.17, 15) is 18.0 Å². The van der Waals surface area contributed by atoms with Gasteiger partial charge in [-0.15, -0.1) is 0 Å². The summed E-state index contributed by atoms with van der Waals surface area (Å²) < 4.78 is 27.3. The van der Waals surface area contributed by atoms with Gasteiger partial charge in [0.25, 0.3) is 0 Å². The number of benzene rings is 2. The fraction of sp³-hybridized carbons (Fsp3) is 0.576. The van der Waals surface area contributed by atoms with Crippen molar-refractivity contribution in [1.29, 1.82) is 0 Å². The van der Waals surface area contributed by atoms with Crippen molar-refractivity contribution in [2.75, 3.05) is 17.1 Å². The number of nitrogens with zero attached hydrogens (tertiary/aromatic N) is 2. The van der Waals surface area contributed by atoms with Crippen molar-refractivity contribution in [3.05, 3.63) is 63.6 Å². The topological polar surface area (TPSA) is 86.8 Å². The van der Waals surface area contributed by atoms with Crippen LogP contribution in [0.4, 0.5) is 5.69 Å². The van der Waals surface area contributed by atoms with Crippen LogP contribution in [0.15, 0.2) is 42.5 Å². The number of halogens is 2. The standard InChI is InChI=1S/C33H43Cl2N3O4S/c1-21(31(40)36-32(2,3)4)37(19-25-6-9-27(34)15-29(25)35)30(39)20-38(43(5,41)42)28-10-7-26(8-11-28)33-16-22-12-23(17-33)14-24(13-22)18-33/h6-11,15,21-24H,12-14,16-20H2,1-5H3,(H,36,40)/t21-,22?,23?,24?,33?/m0/s1. The molecule has 0 spiro atoms. The molecule has 0 radical (unpaired) electrons. The molecule has 0 heterocycles. The van der Waals surface area contributed by atoms with Gasteiger partial charge in [-0.2, -0.15) is 0 Å². The van der Waals surface area contributed by atoms with Crippen molar-refractivity contribution >= 4 is 50.7 Å². The summed E-state index contributed by atoms with van der Waals surface area (Å²) in [5, 5.41) is 3.73. The van der Waals surface area contributed by atoms with Crippen molar-refractivity contribution < 1.29 is 18.0 Å². The highest BCUT2D eigenvalue weighted by atomic mass is 35.5. The van der Waals surface area contributed by atoms with Crippen molar-refractivity contribution in [3.63, 3.8) is 0 Å². The highest BCUT2D eigenvalue weighted by Gasteiger charge is 2.51. The van der Waals surface area contributed by atoms with Crippen LogP contribution < -0.4 is 9.62 Å². The predicted molar refractivity (Wildman–Crippen MR) is 173 cm³/mol. The largest absolute Gasteiger partial charge is 0.350 e. The summed E-state index contributed by atoms with van der Waals surface area (Å²) in [4.78, 5) is 28.5. The lowest BCUT2D eigenvalue weighted by Crippen LogP contribution is -2.54. The van der Waals surface area contributed by atoms with Crippen LogP contribution in [0.25, 0.3) is 0 Å². The van der Waals surface area contributed by atoms with Gasteiger partial charge in [0.15, 0.2) is 0 Å². The van der Waals surface area contributed by atoms with E-state index in [-0.39, 0.29) is 17.9 Å². The lowest BCUT2D eigenvalue weighted by molar-refractivity contribution is -0.140. The number of hydrogen-bond acceptors (Lipinski definition) is 4. The van der Waals surface area contributed by atoms with E-state index in [1.54, 1.807) is 25.1 Å². The maximum absolute atomic E-state index is 13.9. The third-order valence-electron chi connectivity index (χ3n) is 9.51. The average Bonchev–Trinajstić information content (AvgIpc) is 2.88. The number of rotatable bonds is 9. The minimum Gasteiger partial charge on any atom is -0.350 e. The second-order valence-electron chi connectivity index (χ2n) is 14.2. The molecule has 7 nitrogen and oxygen atoms in total. The molecule has 234 valence electrons. The zero-order valence-corrected chi connectivity index (χ0v) is 28.0. The fourth-order valence-corrected chi connectivity index (χ4v) is 9.27. The molecule has 4 bridgehead atoms. The van der Waals surface area contributed by atoms with Crippen LogP contribution >= 0.6 is 23.2 Å². The van der Waals surface area contributed by atoms with E-state index < -0.39 is 34.1 Å². The van der Waals surface area contributed by atoms with Gasteiger partial charge in [0, 0.05) is 22.1 Å².